The van der Waals surface area contributed by atoms with E-state index in [0.717, 1.165) is 5.56 Å². The highest BCUT2D eigenvalue weighted by Crippen LogP contribution is 2.41. The largest absolute Gasteiger partial charge is 0.504 e. The molecule has 0 spiro atoms. The normalized spacial score (nSPS) is 11.3. The van der Waals surface area contributed by atoms with Crippen molar-refractivity contribution in [3.8, 4) is 17.2 Å². The van der Waals surface area contributed by atoms with Gasteiger partial charge in [-0.15, -0.1) is 0 Å². The summed E-state index contributed by atoms with van der Waals surface area (Å²) in [5.74, 6) is -2.94. The van der Waals surface area contributed by atoms with Gasteiger partial charge < -0.3 is 20.6 Å². The van der Waals surface area contributed by atoms with Crippen molar-refractivity contribution in [3.63, 3.8) is 0 Å². The second-order valence-corrected chi connectivity index (χ2v) is 11.0. The fourth-order valence-electron chi connectivity index (χ4n) is 3.69. The number of nitrogens with one attached hydrogen (secondary N) is 1. The molecule has 0 atom stereocenters. The van der Waals surface area contributed by atoms with Gasteiger partial charge in [0.2, 0.25) is 15.6 Å². The number of carbonyl (C=O) groups excluding carboxylic acids is 1. The lowest BCUT2D eigenvalue weighted by molar-refractivity contribution is 0.102. The summed E-state index contributed by atoms with van der Waals surface area (Å²) in [5, 5.41) is 33.6. The fourth-order valence-corrected chi connectivity index (χ4v) is 5.40. The molecule has 0 unspecified atom stereocenters. The second kappa shape index (κ2) is 10.7. The number of amides is 1. The summed E-state index contributed by atoms with van der Waals surface area (Å²) in [6, 6.07) is 20.2. The van der Waals surface area contributed by atoms with Crippen molar-refractivity contribution in [2.24, 2.45) is 0 Å². The number of rotatable bonds is 7. The van der Waals surface area contributed by atoms with Crippen molar-refractivity contribution < 1.29 is 28.5 Å². The number of halogens is 2. The predicted molar refractivity (Wildman–Crippen MR) is 142 cm³/mol. The Hall–Kier alpha value is -3.72. The maximum atomic E-state index is 13.0. The van der Waals surface area contributed by atoms with Crippen LogP contribution in [-0.2, 0) is 22.7 Å². The number of carbonyl (C=O) groups is 1. The number of phenolic OH excluding ortho intramolecular Hbond substituents is 3. The van der Waals surface area contributed by atoms with E-state index in [1.807, 2.05) is 30.3 Å². The van der Waals surface area contributed by atoms with Gasteiger partial charge in [0.05, 0.1) is 26.1 Å². The third-order valence-electron chi connectivity index (χ3n) is 5.72. The molecule has 4 aromatic carbocycles. The van der Waals surface area contributed by atoms with E-state index in [0.29, 0.717) is 17.9 Å². The molecule has 37 heavy (non-hydrogen) atoms. The SMILES string of the molecule is O=C(Nc1ccc(S(=O)(=O)c2ccc(Cl)cc2)cc1Cl)c1cc(CCc2ccccc2)c(O)c(O)c1O. The number of sulfone groups is 1. The molecule has 0 aromatic heterocycles. The van der Waals surface area contributed by atoms with E-state index < -0.39 is 33.0 Å². The van der Waals surface area contributed by atoms with Crippen molar-refractivity contribution in [2.75, 3.05) is 5.32 Å². The van der Waals surface area contributed by atoms with Crippen LogP contribution in [0, 0.1) is 0 Å². The molecule has 4 aromatic rings. The summed E-state index contributed by atoms with van der Waals surface area (Å²) >= 11 is 12.1. The van der Waals surface area contributed by atoms with E-state index in [1.165, 1.54) is 48.5 Å². The number of phenols is 3. The average molecular weight is 558 g/mol. The van der Waals surface area contributed by atoms with Crippen LogP contribution in [0.5, 0.6) is 17.2 Å². The fraction of sp³-hybridized carbons (Fsp3) is 0.0741. The summed E-state index contributed by atoms with van der Waals surface area (Å²) in [7, 11) is -3.88. The van der Waals surface area contributed by atoms with Crippen LogP contribution >= 0.6 is 23.2 Å². The van der Waals surface area contributed by atoms with E-state index in [-0.39, 0.29) is 31.6 Å². The zero-order valence-corrected chi connectivity index (χ0v) is 21.5. The van der Waals surface area contributed by atoms with E-state index in [2.05, 4.69) is 5.32 Å². The molecule has 0 saturated carbocycles. The van der Waals surface area contributed by atoms with Crippen molar-refractivity contribution in [1.82, 2.24) is 0 Å². The maximum Gasteiger partial charge on any atom is 0.259 e. The van der Waals surface area contributed by atoms with Crippen LogP contribution in [0.4, 0.5) is 5.69 Å². The molecule has 190 valence electrons. The van der Waals surface area contributed by atoms with Gasteiger partial charge in [-0.25, -0.2) is 8.42 Å². The topological polar surface area (TPSA) is 124 Å². The Morgan fingerprint density at radius 3 is 2.05 bits per heavy atom. The minimum atomic E-state index is -3.88. The number of aromatic hydroxyl groups is 3. The molecule has 0 bridgehead atoms. The number of hydrogen-bond acceptors (Lipinski definition) is 6. The highest BCUT2D eigenvalue weighted by Gasteiger charge is 2.23. The summed E-state index contributed by atoms with van der Waals surface area (Å²) < 4.78 is 25.8. The third-order valence-corrected chi connectivity index (χ3v) is 8.05. The van der Waals surface area contributed by atoms with E-state index in [4.69, 9.17) is 23.2 Å². The summed E-state index contributed by atoms with van der Waals surface area (Å²) in [5.41, 5.74) is 1.05. The quantitative estimate of drug-likeness (QED) is 0.207. The Bertz CT molecular complexity index is 1570. The van der Waals surface area contributed by atoms with E-state index in [9.17, 15) is 28.5 Å². The van der Waals surface area contributed by atoms with Gasteiger partial charge in [0.15, 0.2) is 11.5 Å². The summed E-state index contributed by atoms with van der Waals surface area (Å²) in [6.07, 6.45) is 0.817. The molecule has 0 heterocycles. The first-order chi connectivity index (χ1) is 17.6. The van der Waals surface area contributed by atoms with Gasteiger partial charge in [-0.3, -0.25) is 4.79 Å². The molecule has 0 aliphatic carbocycles. The van der Waals surface area contributed by atoms with Crippen LogP contribution in [0.3, 0.4) is 0 Å². The summed E-state index contributed by atoms with van der Waals surface area (Å²) in [4.78, 5) is 12.9. The lowest BCUT2D eigenvalue weighted by atomic mass is 10.00. The van der Waals surface area contributed by atoms with Crippen molar-refractivity contribution in [1.29, 1.82) is 0 Å². The lowest BCUT2D eigenvalue weighted by Gasteiger charge is -2.14. The molecule has 10 heteroatoms. The number of aryl methyl sites for hydroxylation is 2. The predicted octanol–water partition coefficient (Wildman–Crippen LogP) is 5.98. The molecule has 0 radical (unpaired) electrons. The Kier molecular flexibility index (Phi) is 7.63. The van der Waals surface area contributed by atoms with Crippen LogP contribution < -0.4 is 5.32 Å². The van der Waals surface area contributed by atoms with Gasteiger partial charge in [-0.2, -0.15) is 0 Å². The molecule has 0 aliphatic heterocycles. The number of benzene rings is 4. The minimum Gasteiger partial charge on any atom is -0.504 e. The van der Waals surface area contributed by atoms with Gasteiger partial charge in [0.25, 0.3) is 5.91 Å². The molecule has 0 aliphatic rings. The molecule has 4 rings (SSSR count). The van der Waals surface area contributed by atoms with Crippen LogP contribution in [0.15, 0.2) is 88.7 Å². The Labute approximate surface area is 223 Å². The minimum absolute atomic E-state index is 0.0253. The first-order valence-electron chi connectivity index (χ1n) is 11.0. The van der Waals surface area contributed by atoms with Crippen LogP contribution in [0.1, 0.15) is 21.5 Å². The summed E-state index contributed by atoms with van der Waals surface area (Å²) in [6.45, 7) is 0. The molecule has 1 amide bonds. The van der Waals surface area contributed by atoms with Gasteiger partial charge in [0.1, 0.15) is 0 Å². The Morgan fingerprint density at radius 1 is 0.757 bits per heavy atom. The molecule has 4 N–H and O–H groups in total. The monoisotopic (exact) mass is 557 g/mol. The van der Waals surface area contributed by atoms with Gasteiger partial charge in [0, 0.05) is 5.02 Å². The van der Waals surface area contributed by atoms with Crippen LogP contribution in [-0.4, -0.2) is 29.6 Å². The first kappa shape index (κ1) is 26.3. The number of hydrogen-bond donors (Lipinski definition) is 4. The zero-order valence-electron chi connectivity index (χ0n) is 19.2. The first-order valence-corrected chi connectivity index (χ1v) is 13.2. The van der Waals surface area contributed by atoms with E-state index >= 15 is 0 Å². The number of anilines is 1. The molecular formula is C27H21Cl2NO6S. The lowest BCUT2D eigenvalue weighted by Crippen LogP contribution is -2.13. The van der Waals surface area contributed by atoms with Crippen molar-refractivity contribution >= 4 is 44.6 Å². The smallest absolute Gasteiger partial charge is 0.259 e. The van der Waals surface area contributed by atoms with Crippen LogP contribution in [0.2, 0.25) is 10.0 Å². The third kappa shape index (κ3) is 5.67. The van der Waals surface area contributed by atoms with Gasteiger partial charge in [-0.05, 0) is 72.5 Å². The van der Waals surface area contributed by atoms with Crippen molar-refractivity contribution in [2.45, 2.75) is 22.6 Å². The average Bonchev–Trinajstić information content (AvgIpc) is 2.88. The Balaban J connectivity index is 1.58. The second-order valence-electron chi connectivity index (χ2n) is 8.17. The highest BCUT2D eigenvalue weighted by molar-refractivity contribution is 7.91. The maximum absolute atomic E-state index is 13.0. The molecule has 0 fully saturated rings. The van der Waals surface area contributed by atoms with Crippen molar-refractivity contribution in [3.05, 3.63) is 106 Å². The molecular weight excluding hydrogens is 537 g/mol. The standard InChI is InChI=1S/C27H21Cl2NO6S/c28-18-8-10-19(11-9-18)37(35,36)20-12-13-23(22(29)15-20)30-27(34)21-14-17(24(31)26(33)25(21)32)7-6-16-4-2-1-3-5-16/h1-5,8-15,31-33H,6-7H2,(H,30,34). The van der Waals surface area contributed by atoms with Gasteiger partial charge in [-0.1, -0.05) is 53.5 Å². The van der Waals surface area contributed by atoms with E-state index in [1.54, 1.807) is 0 Å². The Morgan fingerprint density at radius 2 is 1.41 bits per heavy atom. The molecule has 7 nitrogen and oxygen atoms in total. The zero-order chi connectivity index (χ0) is 26.7. The van der Waals surface area contributed by atoms with Crippen LogP contribution in [0.25, 0.3) is 0 Å². The highest BCUT2D eigenvalue weighted by atomic mass is 35.5. The van der Waals surface area contributed by atoms with Gasteiger partial charge >= 0.3 is 0 Å². The molecule has 0 saturated heterocycles.